The van der Waals surface area contributed by atoms with Gasteiger partial charge in [-0.15, -0.1) is 0 Å². The zero-order valence-corrected chi connectivity index (χ0v) is 18.2. The molecular weight excluding hydrogens is 438 g/mol. The summed E-state index contributed by atoms with van der Waals surface area (Å²) in [4.78, 5) is 40.4. The molecule has 1 fully saturated rings. The summed E-state index contributed by atoms with van der Waals surface area (Å²) in [6.45, 7) is -0.243. The highest BCUT2D eigenvalue weighted by atomic mass is 32.1. The molecule has 164 valence electrons. The largest absolute Gasteiger partial charge is 0.484 e. The van der Waals surface area contributed by atoms with Crippen LogP contribution in [0.15, 0.2) is 90.5 Å². The van der Waals surface area contributed by atoms with Gasteiger partial charge in [0.2, 0.25) is 0 Å². The molecule has 0 bridgehead atoms. The summed E-state index contributed by atoms with van der Waals surface area (Å²) in [7, 11) is 0. The van der Waals surface area contributed by atoms with Crippen molar-refractivity contribution in [1.82, 2.24) is 0 Å². The Bertz CT molecular complexity index is 1180. The average molecular weight is 458 g/mol. The predicted octanol–water partition coefficient (Wildman–Crippen LogP) is 3.30. The first kappa shape index (κ1) is 21.9. The first-order valence-electron chi connectivity index (χ1n) is 10.0. The van der Waals surface area contributed by atoms with Gasteiger partial charge in [-0.05, 0) is 60.3 Å². The fourth-order valence-corrected chi connectivity index (χ4v) is 3.70. The lowest BCUT2D eigenvalue weighted by Crippen LogP contribution is -2.56. The monoisotopic (exact) mass is 457 g/mol. The summed E-state index contributed by atoms with van der Waals surface area (Å²) in [5.74, 6) is -1.18. The van der Waals surface area contributed by atoms with Gasteiger partial charge in [0.25, 0.3) is 17.7 Å². The maximum absolute atomic E-state index is 13.4. The molecule has 0 radical (unpaired) electrons. The third-order valence-corrected chi connectivity index (χ3v) is 5.22. The third kappa shape index (κ3) is 4.65. The Balaban J connectivity index is 1.74. The Kier molecular flexibility index (Phi) is 6.28. The van der Waals surface area contributed by atoms with Gasteiger partial charge in [-0.25, -0.2) is 0 Å². The molecule has 8 heteroatoms. The zero-order valence-electron chi connectivity index (χ0n) is 17.4. The van der Waals surface area contributed by atoms with Crippen LogP contribution in [-0.2, 0) is 14.4 Å². The summed E-state index contributed by atoms with van der Waals surface area (Å²) in [5.41, 5.74) is 6.77. The van der Waals surface area contributed by atoms with E-state index in [1.54, 1.807) is 72.8 Å². The lowest BCUT2D eigenvalue weighted by Gasteiger charge is -2.36. The smallest absolute Gasteiger partial charge is 0.270 e. The molecular formula is C25H19N3O4S. The molecule has 7 nitrogen and oxygen atoms in total. The summed E-state index contributed by atoms with van der Waals surface area (Å²) < 4.78 is 5.26. The molecule has 1 aliphatic heterocycles. The summed E-state index contributed by atoms with van der Waals surface area (Å²) in [5, 5.41) is 0.0785. The number of benzene rings is 3. The molecule has 0 atom stereocenters. The highest BCUT2D eigenvalue weighted by Crippen LogP contribution is 2.29. The van der Waals surface area contributed by atoms with Crippen molar-refractivity contribution >= 4 is 52.5 Å². The van der Waals surface area contributed by atoms with Crippen molar-refractivity contribution in [1.29, 1.82) is 0 Å². The Morgan fingerprint density at radius 1 is 0.818 bits per heavy atom. The summed E-state index contributed by atoms with van der Waals surface area (Å²) >= 11 is 5.58. The van der Waals surface area contributed by atoms with E-state index >= 15 is 0 Å². The molecule has 33 heavy (non-hydrogen) atoms. The number of amides is 3. The number of ether oxygens (including phenoxy) is 1. The number of para-hydroxylation sites is 2. The van der Waals surface area contributed by atoms with Crippen molar-refractivity contribution in [3.8, 4) is 5.75 Å². The molecule has 0 unspecified atom stereocenters. The molecule has 1 heterocycles. The van der Waals surface area contributed by atoms with E-state index in [0.29, 0.717) is 22.7 Å². The van der Waals surface area contributed by atoms with Crippen molar-refractivity contribution in [2.24, 2.45) is 5.73 Å². The molecule has 0 saturated carbocycles. The number of hydrogen-bond donors (Lipinski definition) is 1. The normalized spacial score (nSPS) is 13.8. The van der Waals surface area contributed by atoms with Gasteiger partial charge in [0, 0.05) is 0 Å². The van der Waals surface area contributed by atoms with Gasteiger partial charge in [0.15, 0.2) is 11.7 Å². The number of rotatable bonds is 6. The van der Waals surface area contributed by atoms with E-state index in [4.69, 9.17) is 22.7 Å². The van der Waals surface area contributed by atoms with Crippen LogP contribution in [0.2, 0.25) is 0 Å². The van der Waals surface area contributed by atoms with E-state index in [9.17, 15) is 14.4 Å². The van der Waals surface area contributed by atoms with Crippen LogP contribution in [0.3, 0.4) is 0 Å². The minimum atomic E-state index is -0.586. The van der Waals surface area contributed by atoms with Crippen LogP contribution in [0.25, 0.3) is 6.08 Å². The summed E-state index contributed by atoms with van der Waals surface area (Å²) in [6.07, 6.45) is 1.51. The van der Waals surface area contributed by atoms with Gasteiger partial charge >= 0.3 is 0 Å². The van der Waals surface area contributed by atoms with Crippen molar-refractivity contribution < 1.29 is 19.1 Å². The number of anilines is 2. The van der Waals surface area contributed by atoms with Gasteiger partial charge in [0.1, 0.15) is 11.3 Å². The predicted molar refractivity (Wildman–Crippen MR) is 130 cm³/mol. The molecule has 3 amide bonds. The number of hydrogen-bond acceptors (Lipinski definition) is 5. The Morgan fingerprint density at radius 3 is 1.76 bits per heavy atom. The van der Waals surface area contributed by atoms with Crippen molar-refractivity contribution in [3.05, 3.63) is 96.1 Å². The van der Waals surface area contributed by atoms with E-state index in [1.165, 1.54) is 15.9 Å². The fraction of sp³-hybridized carbons (Fsp3) is 0.0400. The molecule has 0 spiro atoms. The molecule has 3 aromatic rings. The second-order valence-electron chi connectivity index (χ2n) is 7.12. The van der Waals surface area contributed by atoms with E-state index < -0.39 is 17.7 Å². The topological polar surface area (TPSA) is 92.9 Å². The fourth-order valence-electron chi connectivity index (χ4n) is 3.32. The molecule has 4 rings (SSSR count). The van der Waals surface area contributed by atoms with Gasteiger partial charge < -0.3 is 10.5 Å². The highest BCUT2D eigenvalue weighted by Gasteiger charge is 2.41. The molecule has 2 N–H and O–H groups in total. The molecule has 1 saturated heterocycles. The van der Waals surface area contributed by atoms with Gasteiger partial charge in [-0.1, -0.05) is 48.5 Å². The summed E-state index contributed by atoms with van der Waals surface area (Å²) in [6, 6.07) is 24.5. The average Bonchev–Trinajstić information content (AvgIpc) is 2.83. The maximum Gasteiger partial charge on any atom is 0.270 e. The lowest BCUT2D eigenvalue weighted by molar-refractivity contribution is -0.121. The van der Waals surface area contributed by atoms with E-state index in [2.05, 4.69) is 0 Å². The second-order valence-corrected chi connectivity index (χ2v) is 7.48. The third-order valence-electron chi connectivity index (χ3n) is 4.85. The van der Waals surface area contributed by atoms with Crippen LogP contribution in [0.1, 0.15) is 5.56 Å². The Hall–Kier alpha value is -4.30. The van der Waals surface area contributed by atoms with Crippen LogP contribution < -0.4 is 20.3 Å². The Morgan fingerprint density at radius 2 is 1.30 bits per heavy atom. The first-order chi connectivity index (χ1) is 16.0. The lowest BCUT2D eigenvalue weighted by atomic mass is 10.0. The second kappa shape index (κ2) is 9.46. The highest BCUT2D eigenvalue weighted by molar-refractivity contribution is 7.81. The van der Waals surface area contributed by atoms with Gasteiger partial charge in [0.05, 0.1) is 11.4 Å². The van der Waals surface area contributed by atoms with E-state index in [1.807, 2.05) is 12.1 Å². The number of nitrogens with two attached hydrogens (primary N) is 1. The van der Waals surface area contributed by atoms with Crippen LogP contribution in [-0.4, -0.2) is 29.4 Å². The number of thiocarbonyl (C=S) groups is 1. The molecule has 0 aliphatic carbocycles. The van der Waals surface area contributed by atoms with Crippen LogP contribution >= 0.6 is 12.2 Å². The van der Waals surface area contributed by atoms with Crippen LogP contribution in [0.4, 0.5) is 11.4 Å². The molecule has 0 aromatic heterocycles. The number of carbonyl (C=O) groups is 3. The minimum absolute atomic E-state index is 0.0397. The van der Waals surface area contributed by atoms with E-state index in [0.717, 1.165) is 0 Å². The van der Waals surface area contributed by atoms with E-state index in [-0.39, 0.29) is 17.3 Å². The standard InChI is InChI=1S/C25H19N3O4S/c26-22(29)16-32-20-13-11-17(12-14-20)15-21-23(30)27(18-7-3-1-4-8-18)25(33)28(24(21)31)19-9-5-2-6-10-19/h1-15H,16H2,(H2,26,29). The first-order valence-corrected chi connectivity index (χ1v) is 10.4. The maximum atomic E-state index is 13.4. The molecule has 3 aromatic carbocycles. The van der Waals surface area contributed by atoms with Crippen molar-refractivity contribution in [2.45, 2.75) is 0 Å². The number of nitrogens with zero attached hydrogens (tertiary/aromatic N) is 2. The zero-order chi connectivity index (χ0) is 23.4. The van der Waals surface area contributed by atoms with Gasteiger partial charge in [-0.3, -0.25) is 24.2 Å². The van der Waals surface area contributed by atoms with Crippen LogP contribution in [0, 0.1) is 0 Å². The number of carbonyl (C=O) groups excluding carboxylic acids is 3. The van der Waals surface area contributed by atoms with Crippen molar-refractivity contribution in [3.63, 3.8) is 0 Å². The number of primary amides is 1. The Labute approximate surface area is 195 Å². The van der Waals surface area contributed by atoms with Gasteiger partial charge in [-0.2, -0.15) is 0 Å². The SMILES string of the molecule is NC(=O)COc1ccc(C=C2C(=O)N(c3ccccc3)C(=S)N(c3ccccc3)C2=O)cc1. The van der Waals surface area contributed by atoms with Crippen molar-refractivity contribution in [2.75, 3.05) is 16.4 Å². The molecule has 1 aliphatic rings. The quantitative estimate of drug-likeness (QED) is 0.348. The minimum Gasteiger partial charge on any atom is -0.484 e. The van der Waals surface area contributed by atoms with Crippen LogP contribution in [0.5, 0.6) is 5.75 Å².